The molecule has 7 heteroatoms. The molecule has 3 unspecified atom stereocenters. The Morgan fingerprint density at radius 1 is 1.20 bits per heavy atom. The van der Waals surface area contributed by atoms with Gasteiger partial charge in [0, 0.05) is 51.5 Å². The van der Waals surface area contributed by atoms with Crippen LogP contribution in [0.4, 0.5) is 5.69 Å². The van der Waals surface area contributed by atoms with Gasteiger partial charge in [0.15, 0.2) is 5.96 Å². The third-order valence-electron chi connectivity index (χ3n) is 6.41. The van der Waals surface area contributed by atoms with Crippen molar-refractivity contribution in [3.05, 3.63) is 29.8 Å². The third kappa shape index (κ3) is 6.23. The maximum Gasteiger partial charge on any atom is 0.191 e. The monoisotopic (exact) mass is 527 g/mol. The molecule has 3 aliphatic rings. The molecule has 0 aliphatic carbocycles. The molecule has 4 rings (SSSR count). The fourth-order valence-electron chi connectivity index (χ4n) is 4.82. The minimum absolute atomic E-state index is 0. The van der Waals surface area contributed by atoms with Crippen molar-refractivity contribution in [1.82, 2.24) is 15.5 Å². The van der Waals surface area contributed by atoms with Gasteiger partial charge in [0.05, 0.1) is 18.2 Å². The molecular formula is C23H38IN5O. The zero-order valence-electron chi connectivity index (χ0n) is 18.5. The number of nitrogens with one attached hydrogen (secondary N) is 2. The number of fused-ring (bicyclic) bond motifs is 2. The largest absolute Gasteiger partial charge is 0.373 e. The molecule has 168 valence electrons. The fourth-order valence-corrected chi connectivity index (χ4v) is 4.82. The summed E-state index contributed by atoms with van der Waals surface area (Å²) >= 11 is 0. The standard InChI is InChI=1S/C23H37N5O.HI/c1-3-24-23(26-21-17-20-8-9-22(21)29-20)25-10-5-11-27-12-14-28(15-13-27)19-7-4-6-18(2)16-19;/h4,6-7,16,20-22H,3,5,8-15,17H2,1-2H3,(H2,24,25,26);1H. The van der Waals surface area contributed by atoms with Gasteiger partial charge in [-0.3, -0.25) is 9.89 Å². The van der Waals surface area contributed by atoms with Crippen molar-refractivity contribution in [2.75, 3.05) is 50.7 Å². The minimum atomic E-state index is 0. The highest BCUT2D eigenvalue weighted by Crippen LogP contribution is 2.34. The van der Waals surface area contributed by atoms with Gasteiger partial charge in [-0.15, -0.1) is 24.0 Å². The molecule has 0 radical (unpaired) electrons. The van der Waals surface area contributed by atoms with Crippen molar-refractivity contribution in [3.8, 4) is 0 Å². The highest BCUT2D eigenvalue weighted by atomic mass is 127. The topological polar surface area (TPSA) is 52.1 Å². The summed E-state index contributed by atoms with van der Waals surface area (Å²) in [6.45, 7) is 11.7. The molecule has 0 saturated carbocycles. The van der Waals surface area contributed by atoms with E-state index in [2.05, 4.69) is 58.5 Å². The first-order chi connectivity index (χ1) is 14.2. The smallest absolute Gasteiger partial charge is 0.191 e. The average molecular weight is 527 g/mol. The first-order valence-electron chi connectivity index (χ1n) is 11.5. The van der Waals surface area contributed by atoms with E-state index in [0.717, 1.165) is 64.6 Å². The number of nitrogens with zero attached hydrogens (tertiary/aromatic N) is 3. The zero-order valence-corrected chi connectivity index (χ0v) is 20.8. The van der Waals surface area contributed by atoms with Crippen LogP contribution in [0.15, 0.2) is 29.3 Å². The number of hydrogen-bond acceptors (Lipinski definition) is 4. The Balaban J connectivity index is 0.00000256. The van der Waals surface area contributed by atoms with Crippen LogP contribution in [0.2, 0.25) is 0 Å². The van der Waals surface area contributed by atoms with E-state index in [1.807, 2.05) is 0 Å². The minimum Gasteiger partial charge on any atom is -0.373 e. The number of piperazine rings is 1. The first-order valence-corrected chi connectivity index (χ1v) is 11.5. The Morgan fingerprint density at radius 3 is 2.70 bits per heavy atom. The Labute approximate surface area is 198 Å². The van der Waals surface area contributed by atoms with Crippen molar-refractivity contribution in [2.24, 2.45) is 4.99 Å². The van der Waals surface area contributed by atoms with Gasteiger partial charge in [-0.1, -0.05) is 12.1 Å². The normalized spacial score (nSPS) is 26.5. The van der Waals surface area contributed by atoms with Crippen molar-refractivity contribution in [3.63, 3.8) is 0 Å². The molecule has 0 aromatic heterocycles. The van der Waals surface area contributed by atoms with Crippen LogP contribution < -0.4 is 15.5 Å². The van der Waals surface area contributed by atoms with Crippen LogP contribution in [0.3, 0.4) is 0 Å². The Bertz CT molecular complexity index is 692. The van der Waals surface area contributed by atoms with Crippen LogP contribution in [0.5, 0.6) is 0 Å². The van der Waals surface area contributed by atoms with Crippen LogP contribution in [0.25, 0.3) is 0 Å². The van der Waals surface area contributed by atoms with E-state index in [0.29, 0.717) is 18.2 Å². The van der Waals surface area contributed by atoms with Crippen molar-refractivity contribution < 1.29 is 4.74 Å². The molecular weight excluding hydrogens is 489 g/mol. The maximum absolute atomic E-state index is 5.96. The van der Waals surface area contributed by atoms with Crippen LogP contribution in [-0.2, 0) is 4.74 Å². The molecule has 3 saturated heterocycles. The summed E-state index contributed by atoms with van der Waals surface area (Å²) in [5, 5.41) is 7.01. The summed E-state index contributed by atoms with van der Waals surface area (Å²) in [4.78, 5) is 9.90. The predicted molar refractivity (Wildman–Crippen MR) is 135 cm³/mol. The van der Waals surface area contributed by atoms with Gasteiger partial charge >= 0.3 is 0 Å². The van der Waals surface area contributed by atoms with Gasteiger partial charge in [0.1, 0.15) is 0 Å². The summed E-state index contributed by atoms with van der Waals surface area (Å²) in [5.74, 6) is 0.956. The van der Waals surface area contributed by atoms with Gasteiger partial charge in [-0.05, 0) is 57.2 Å². The third-order valence-corrected chi connectivity index (χ3v) is 6.41. The van der Waals surface area contributed by atoms with Gasteiger partial charge < -0.3 is 20.3 Å². The van der Waals surface area contributed by atoms with Gasteiger partial charge in [0.2, 0.25) is 0 Å². The molecule has 0 spiro atoms. The van der Waals surface area contributed by atoms with E-state index in [-0.39, 0.29) is 24.0 Å². The van der Waals surface area contributed by atoms with E-state index in [1.165, 1.54) is 24.1 Å². The SMILES string of the molecule is CCNC(=NCCCN1CCN(c2cccc(C)c2)CC1)NC1CC2CCC1O2.I. The molecule has 3 fully saturated rings. The highest BCUT2D eigenvalue weighted by molar-refractivity contribution is 14.0. The summed E-state index contributed by atoms with van der Waals surface area (Å²) in [7, 11) is 0. The van der Waals surface area contributed by atoms with Crippen molar-refractivity contribution in [1.29, 1.82) is 0 Å². The lowest BCUT2D eigenvalue weighted by molar-refractivity contribution is 0.0992. The van der Waals surface area contributed by atoms with Crippen molar-refractivity contribution >= 4 is 35.6 Å². The lowest BCUT2D eigenvalue weighted by Gasteiger charge is -2.36. The number of hydrogen-bond donors (Lipinski definition) is 2. The number of aliphatic imine (C=N–C) groups is 1. The summed E-state index contributed by atoms with van der Waals surface area (Å²) in [5.41, 5.74) is 2.70. The van der Waals surface area contributed by atoms with E-state index in [4.69, 9.17) is 9.73 Å². The first kappa shape index (κ1) is 23.6. The molecule has 0 amide bonds. The molecule has 30 heavy (non-hydrogen) atoms. The second-order valence-electron chi connectivity index (χ2n) is 8.64. The summed E-state index contributed by atoms with van der Waals surface area (Å²) in [6.07, 6.45) is 5.51. The van der Waals surface area contributed by atoms with Gasteiger partial charge in [0.25, 0.3) is 0 Å². The van der Waals surface area contributed by atoms with Crippen LogP contribution in [0.1, 0.15) is 38.2 Å². The number of rotatable bonds is 7. The van der Waals surface area contributed by atoms with Crippen LogP contribution in [-0.4, -0.2) is 74.9 Å². The maximum atomic E-state index is 5.96. The molecule has 2 N–H and O–H groups in total. The molecule has 6 nitrogen and oxygen atoms in total. The zero-order chi connectivity index (χ0) is 20.1. The van der Waals surface area contributed by atoms with E-state index in [9.17, 15) is 0 Å². The summed E-state index contributed by atoms with van der Waals surface area (Å²) in [6, 6.07) is 9.28. The van der Waals surface area contributed by atoms with E-state index in [1.54, 1.807) is 0 Å². The Kier molecular flexibility index (Phi) is 9.07. The number of benzene rings is 1. The summed E-state index contributed by atoms with van der Waals surface area (Å²) < 4.78 is 5.96. The number of anilines is 1. The Hall–Kier alpha value is -1.06. The number of halogens is 1. The van der Waals surface area contributed by atoms with E-state index < -0.39 is 0 Å². The molecule has 1 aromatic rings. The van der Waals surface area contributed by atoms with Crippen LogP contribution in [0, 0.1) is 6.92 Å². The Morgan fingerprint density at radius 2 is 2.03 bits per heavy atom. The molecule has 1 aromatic carbocycles. The molecule has 3 heterocycles. The second-order valence-corrected chi connectivity index (χ2v) is 8.64. The average Bonchev–Trinajstić information content (AvgIpc) is 3.35. The highest BCUT2D eigenvalue weighted by Gasteiger charge is 2.41. The number of aryl methyl sites for hydroxylation is 1. The lowest BCUT2D eigenvalue weighted by Crippen LogP contribution is -2.47. The molecule has 3 atom stereocenters. The quantitative estimate of drug-likeness (QED) is 0.247. The lowest BCUT2D eigenvalue weighted by atomic mass is 9.96. The number of guanidine groups is 1. The second kappa shape index (κ2) is 11.5. The van der Waals surface area contributed by atoms with Crippen molar-refractivity contribution in [2.45, 2.75) is 57.8 Å². The van der Waals surface area contributed by atoms with E-state index >= 15 is 0 Å². The number of ether oxygens (including phenoxy) is 1. The fraction of sp³-hybridized carbons (Fsp3) is 0.696. The van der Waals surface area contributed by atoms with Gasteiger partial charge in [-0.25, -0.2) is 0 Å². The molecule has 2 bridgehead atoms. The van der Waals surface area contributed by atoms with Gasteiger partial charge in [-0.2, -0.15) is 0 Å². The predicted octanol–water partition coefficient (Wildman–Crippen LogP) is 3.00. The molecule has 3 aliphatic heterocycles. The van der Waals surface area contributed by atoms with Crippen LogP contribution >= 0.6 is 24.0 Å².